The predicted octanol–water partition coefficient (Wildman–Crippen LogP) is -0.244. The zero-order valence-corrected chi connectivity index (χ0v) is 12.5. The van der Waals surface area contributed by atoms with E-state index in [0.29, 0.717) is 12.5 Å². The van der Waals surface area contributed by atoms with E-state index in [1.165, 1.54) is 4.90 Å². The minimum atomic E-state index is -0.425. The van der Waals surface area contributed by atoms with Gasteiger partial charge in [-0.3, -0.25) is 14.3 Å². The van der Waals surface area contributed by atoms with Crippen LogP contribution in [0, 0.1) is 5.92 Å². The summed E-state index contributed by atoms with van der Waals surface area (Å²) < 4.78 is 1.57. The lowest BCUT2D eigenvalue weighted by Gasteiger charge is -2.23. The molecular weight excluding hydrogens is 270 g/mol. The first-order chi connectivity index (χ1) is 10.0. The van der Waals surface area contributed by atoms with Gasteiger partial charge in [0.15, 0.2) is 0 Å². The van der Waals surface area contributed by atoms with Crippen LogP contribution in [0.1, 0.15) is 25.8 Å². The molecule has 0 bridgehead atoms. The third-order valence-corrected chi connectivity index (χ3v) is 3.83. The number of carbonyl (C=O) groups is 2. The Morgan fingerprint density at radius 3 is 2.76 bits per heavy atom. The van der Waals surface area contributed by atoms with Crippen LogP contribution in [-0.2, 0) is 9.59 Å². The smallest absolute Gasteiger partial charge is 0.247 e. The molecule has 2 amide bonds. The molecule has 2 rings (SSSR count). The van der Waals surface area contributed by atoms with Crippen LogP contribution in [0.15, 0.2) is 18.5 Å². The van der Waals surface area contributed by atoms with Crippen molar-refractivity contribution in [2.75, 3.05) is 20.1 Å². The number of rotatable bonds is 7. The number of nitrogens with one attached hydrogen (secondary N) is 1. The van der Waals surface area contributed by atoms with Gasteiger partial charge in [0.05, 0.1) is 6.54 Å². The first kappa shape index (κ1) is 15.5. The maximum Gasteiger partial charge on any atom is 0.247 e. The van der Waals surface area contributed by atoms with Crippen LogP contribution in [0.3, 0.4) is 0 Å². The Hall–Kier alpha value is -1.89. The van der Waals surface area contributed by atoms with E-state index in [4.69, 9.17) is 5.73 Å². The van der Waals surface area contributed by atoms with Crippen molar-refractivity contribution in [2.45, 2.75) is 31.8 Å². The molecule has 3 N–H and O–H groups in total. The quantitative estimate of drug-likeness (QED) is 0.725. The number of carbonyl (C=O) groups excluding carboxylic acids is 2. The van der Waals surface area contributed by atoms with Gasteiger partial charge >= 0.3 is 0 Å². The van der Waals surface area contributed by atoms with E-state index in [1.54, 1.807) is 37.1 Å². The minimum absolute atomic E-state index is 0.0320. The second-order valence-corrected chi connectivity index (χ2v) is 5.60. The molecule has 0 saturated heterocycles. The van der Waals surface area contributed by atoms with Crippen molar-refractivity contribution in [2.24, 2.45) is 11.7 Å². The van der Waals surface area contributed by atoms with Gasteiger partial charge in [0.1, 0.15) is 6.04 Å². The van der Waals surface area contributed by atoms with Gasteiger partial charge in [-0.25, -0.2) is 0 Å². The normalized spacial score (nSPS) is 17.1. The average Bonchev–Trinajstić information content (AvgIpc) is 3.16. The van der Waals surface area contributed by atoms with Crippen molar-refractivity contribution in [3.63, 3.8) is 0 Å². The molecule has 7 nitrogen and oxygen atoms in total. The number of nitrogens with two attached hydrogens (primary N) is 1. The largest absolute Gasteiger partial charge is 0.350 e. The molecule has 1 aliphatic rings. The van der Waals surface area contributed by atoms with E-state index in [2.05, 4.69) is 10.4 Å². The van der Waals surface area contributed by atoms with Crippen molar-refractivity contribution in [1.29, 1.82) is 0 Å². The molecule has 1 aromatic heterocycles. The molecule has 1 aliphatic carbocycles. The summed E-state index contributed by atoms with van der Waals surface area (Å²) in [5.41, 5.74) is 5.66. The maximum atomic E-state index is 12.2. The minimum Gasteiger partial charge on any atom is -0.350 e. The van der Waals surface area contributed by atoms with Crippen LogP contribution >= 0.6 is 0 Å². The third-order valence-electron chi connectivity index (χ3n) is 3.83. The molecule has 0 aromatic carbocycles. The van der Waals surface area contributed by atoms with Gasteiger partial charge in [0, 0.05) is 32.0 Å². The van der Waals surface area contributed by atoms with Gasteiger partial charge in [0.25, 0.3) is 0 Å². The van der Waals surface area contributed by atoms with Gasteiger partial charge in [-0.05, 0) is 31.7 Å². The zero-order chi connectivity index (χ0) is 15.4. The lowest BCUT2D eigenvalue weighted by atomic mass is 10.2. The Morgan fingerprint density at radius 2 is 2.24 bits per heavy atom. The molecule has 7 heteroatoms. The van der Waals surface area contributed by atoms with Gasteiger partial charge in [-0.1, -0.05) is 0 Å². The van der Waals surface area contributed by atoms with Crippen molar-refractivity contribution in [1.82, 2.24) is 20.0 Å². The second-order valence-electron chi connectivity index (χ2n) is 5.60. The number of hydrogen-bond donors (Lipinski definition) is 2. The van der Waals surface area contributed by atoms with Crippen molar-refractivity contribution in [3.05, 3.63) is 18.5 Å². The van der Waals surface area contributed by atoms with Crippen LogP contribution in [0.4, 0.5) is 0 Å². The molecule has 21 heavy (non-hydrogen) atoms. The van der Waals surface area contributed by atoms with Crippen LogP contribution in [0.25, 0.3) is 0 Å². The van der Waals surface area contributed by atoms with Crippen LogP contribution < -0.4 is 11.1 Å². The summed E-state index contributed by atoms with van der Waals surface area (Å²) >= 11 is 0. The van der Waals surface area contributed by atoms with E-state index in [1.807, 2.05) is 0 Å². The highest BCUT2D eigenvalue weighted by Gasteiger charge is 2.31. The monoisotopic (exact) mass is 293 g/mol. The Bertz CT molecular complexity index is 484. The Labute approximate surface area is 124 Å². The number of aromatic nitrogens is 2. The Balaban J connectivity index is 1.83. The summed E-state index contributed by atoms with van der Waals surface area (Å²) in [6.07, 6.45) is 5.59. The zero-order valence-electron chi connectivity index (χ0n) is 12.5. The van der Waals surface area contributed by atoms with Gasteiger partial charge in [0.2, 0.25) is 11.8 Å². The van der Waals surface area contributed by atoms with E-state index < -0.39 is 6.04 Å². The molecule has 2 atom stereocenters. The fourth-order valence-electron chi connectivity index (χ4n) is 2.36. The first-order valence-corrected chi connectivity index (χ1v) is 7.26. The van der Waals surface area contributed by atoms with Crippen molar-refractivity contribution in [3.8, 4) is 0 Å². The van der Waals surface area contributed by atoms with Crippen LogP contribution in [0.5, 0.6) is 0 Å². The number of hydrogen-bond acceptors (Lipinski definition) is 4. The van der Waals surface area contributed by atoms with Gasteiger partial charge in [-0.15, -0.1) is 0 Å². The fraction of sp³-hybridized carbons (Fsp3) is 0.643. The molecular formula is C14H23N5O2. The first-order valence-electron chi connectivity index (χ1n) is 7.26. The molecule has 0 radical (unpaired) electrons. The van der Waals surface area contributed by atoms with Crippen LogP contribution in [0.2, 0.25) is 0 Å². The summed E-state index contributed by atoms with van der Waals surface area (Å²) in [7, 11) is 1.62. The van der Waals surface area contributed by atoms with E-state index in [-0.39, 0.29) is 24.4 Å². The summed E-state index contributed by atoms with van der Waals surface area (Å²) in [6, 6.07) is 1.37. The summed E-state index contributed by atoms with van der Waals surface area (Å²) in [5, 5.41) is 6.95. The standard InChI is InChI=1S/C14H23N5O2/c1-10(19-7-3-6-16-19)14(21)18(2)9-13(20)17-12(8-15)11-4-5-11/h3,6-7,10-12H,4-5,8-9,15H2,1-2H3,(H,17,20). The van der Waals surface area contributed by atoms with Crippen molar-refractivity contribution < 1.29 is 9.59 Å². The third kappa shape index (κ3) is 4.04. The molecule has 1 saturated carbocycles. The van der Waals surface area contributed by atoms with Crippen molar-refractivity contribution >= 4 is 11.8 Å². The SMILES string of the molecule is CC(C(=O)N(C)CC(=O)NC(CN)C1CC1)n1cccn1. The van der Waals surface area contributed by atoms with Gasteiger partial charge in [-0.2, -0.15) is 5.10 Å². The summed E-state index contributed by atoms with van der Waals surface area (Å²) in [4.78, 5) is 25.6. The summed E-state index contributed by atoms with van der Waals surface area (Å²) in [5.74, 6) is 0.188. The lowest BCUT2D eigenvalue weighted by molar-refractivity contribution is -0.137. The molecule has 2 unspecified atom stereocenters. The Morgan fingerprint density at radius 1 is 1.52 bits per heavy atom. The summed E-state index contributed by atoms with van der Waals surface area (Å²) in [6.45, 7) is 2.24. The molecule has 0 spiro atoms. The van der Waals surface area contributed by atoms with Crippen LogP contribution in [-0.4, -0.2) is 52.7 Å². The number of amides is 2. The topological polar surface area (TPSA) is 93.3 Å². The van der Waals surface area contributed by atoms with E-state index in [9.17, 15) is 9.59 Å². The highest BCUT2D eigenvalue weighted by atomic mass is 16.2. The molecule has 116 valence electrons. The highest BCUT2D eigenvalue weighted by molar-refractivity contribution is 5.86. The maximum absolute atomic E-state index is 12.2. The molecule has 1 heterocycles. The lowest BCUT2D eigenvalue weighted by Crippen LogP contribution is -2.47. The molecule has 1 aromatic rings. The van der Waals surface area contributed by atoms with E-state index in [0.717, 1.165) is 12.8 Å². The number of likely N-dealkylation sites (N-methyl/N-ethyl adjacent to an activating group) is 1. The predicted molar refractivity (Wildman–Crippen MR) is 78.3 cm³/mol. The second kappa shape index (κ2) is 6.71. The molecule has 0 aliphatic heterocycles. The Kier molecular flexibility index (Phi) is 4.95. The average molecular weight is 293 g/mol. The molecule has 1 fully saturated rings. The van der Waals surface area contributed by atoms with Gasteiger partial charge < -0.3 is 16.0 Å². The van der Waals surface area contributed by atoms with E-state index >= 15 is 0 Å². The number of nitrogens with zero attached hydrogens (tertiary/aromatic N) is 3. The fourth-order valence-corrected chi connectivity index (χ4v) is 2.36. The highest BCUT2D eigenvalue weighted by Crippen LogP contribution is 2.32.